The van der Waals surface area contributed by atoms with Crippen LogP contribution in [0.4, 0.5) is 25.1 Å². The summed E-state index contributed by atoms with van der Waals surface area (Å²) in [6.07, 6.45) is -1.25. The number of ether oxygens (including phenoxy) is 1. The first-order chi connectivity index (χ1) is 17.2. The molecule has 0 atom stereocenters. The molecule has 0 saturated carbocycles. The van der Waals surface area contributed by atoms with Crippen LogP contribution in [0.25, 0.3) is 0 Å². The van der Waals surface area contributed by atoms with E-state index in [2.05, 4.69) is 10.3 Å². The van der Waals surface area contributed by atoms with Crippen molar-refractivity contribution in [3.63, 3.8) is 0 Å². The number of nitrogens with zero attached hydrogens (tertiary/aromatic N) is 3. The van der Waals surface area contributed by atoms with Crippen LogP contribution in [0.1, 0.15) is 31.9 Å². The predicted molar refractivity (Wildman–Crippen MR) is 141 cm³/mol. The fourth-order valence-electron chi connectivity index (χ4n) is 3.36. The Morgan fingerprint density at radius 2 is 1.89 bits per heavy atom. The molecule has 0 aliphatic rings. The molecule has 1 heterocycles. The first-order valence-electron chi connectivity index (χ1n) is 11.0. The molecule has 2 aromatic carbocycles. The molecule has 0 aliphatic heterocycles. The average molecular weight is 573 g/mol. The van der Waals surface area contributed by atoms with Gasteiger partial charge in [0.05, 0.1) is 11.2 Å². The van der Waals surface area contributed by atoms with Gasteiger partial charge in [0.2, 0.25) is 0 Å². The Hall–Kier alpha value is -2.80. The Balaban J connectivity index is 1.95. The lowest BCUT2D eigenvalue weighted by atomic mass is 10.1. The highest BCUT2D eigenvalue weighted by Gasteiger charge is 2.38. The second-order valence-corrected chi connectivity index (χ2v) is 12.2. The third-order valence-corrected chi connectivity index (χ3v) is 7.54. The highest BCUT2D eigenvalue weighted by molar-refractivity contribution is 7.93. The molecule has 0 fully saturated rings. The molecule has 0 unspecified atom stereocenters. The maximum atomic E-state index is 15.4. The van der Waals surface area contributed by atoms with E-state index >= 15 is 4.39 Å². The maximum Gasteiger partial charge on any atom is 0.430 e. The van der Waals surface area contributed by atoms with Gasteiger partial charge in [-0.15, -0.1) is 15.6 Å². The first-order valence-corrected chi connectivity index (χ1v) is 13.8. The molecule has 1 amide bonds. The number of amides is 1. The summed E-state index contributed by atoms with van der Waals surface area (Å²) < 4.78 is 62.3. The van der Waals surface area contributed by atoms with E-state index < -0.39 is 43.3 Å². The van der Waals surface area contributed by atoms with E-state index in [1.54, 1.807) is 32.9 Å². The van der Waals surface area contributed by atoms with Gasteiger partial charge in [0.15, 0.2) is 11.6 Å². The Morgan fingerprint density at radius 3 is 2.49 bits per heavy atom. The van der Waals surface area contributed by atoms with Gasteiger partial charge in [-0.3, -0.25) is 0 Å². The predicted octanol–water partition coefficient (Wildman–Crippen LogP) is 5.88. The SMILES string of the molecule is CN(C)Cc1cccc(F)c1CNc1ccc(S(=O)(=O)N(C(=O)OC(C)(C)C)c2cscn2)c(F)c1Cl. The lowest BCUT2D eigenvalue weighted by Gasteiger charge is -2.26. The second-order valence-electron chi connectivity index (χ2n) is 9.30. The van der Waals surface area contributed by atoms with E-state index in [0.717, 1.165) is 23.0 Å². The third kappa shape index (κ3) is 6.75. The lowest BCUT2D eigenvalue weighted by Crippen LogP contribution is -2.41. The van der Waals surface area contributed by atoms with Crippen LogP contribution >= 0.6 is 22.9 Å². The molecule has 1 N–H and O–H groups in total. The van der Waals surface area contributed by atoms with Crippen LogP contribution in [0.5, 0.6) is 0 Å². The van der Waals surface area contributed by atoms with Gasteiger partial charge in [0.25, 0.3) is 10.0 Å². The summed E-state index contributed by atoms with van der Waals surface area (Å²) in [5.41, 5.74) is 1.44. The van der Waals surface area contributed by atoms with Crippen LogP contribution in [0.3, 0.4) is 0 Å². The van der Waals surface area contributed by atoms with Crippen LogP contribution in [-0.4, -0.2) is 44.1 Å². The number of carbonyl (C=O) groups excluding carboxylic acids is 1. The summed E-state index contributed by atoms with van der Waals surface area (Å²) in [7, 11) is -1.12. The van der Waals surface area contributed by atoms with Crippen molar-refractivity contribution in [1.82, 2.24) is 9.88 Å². The highest BCUT2D eigenvalue weighted by atomic mass is 35.5. The molecule has 0 saturated heterocycles. The van der Waals surface area contributed by atoms with Gasteiger partial charge in [-0.2, -0.15) is 0 Å². The quantitative estimate of drug-likeness (QED) is 0.360. The van der Waals surface area contributed by atoms with Crippen LogP contribution in [0, 0.1) is 11.6 Å². The van der Waals surface area contributed by atoms with Gasteiger partial charge in [-0.1, -0.05) is 23.7 Å². The number of hydrogen-bond acceptors (Lipinski definition) is 8. The molecule has 8 nitrogen and oxygen atoms in total. The molecule has 13 heteroatoms. The minimum atomic E-state index is -4.81. The molecule has 200 valence electrons. The number of halogens is 3. The summed E-state index contributed by atoms with van der Waals surface area (Å²) in [5.74, 6) is -1.97. The summed E-state index contributed by atoms with van der Waals surface area (Å²) in [4.78, 5) is 17.7. The maximum absolute atomic E-state index is 15.4. The van der Waals surface area contributed by atoms with E-state index in [4.69, 9.17) is 16.3 Å². The minimum Gasteiger partial charge on any atom is -0.443 e. The van der Waals surface area contributed by atoms with Gasteiger partial charge in [-0.25, -0.2) is 27.0 Å². The Bertz CT molecular complexity index is 1380. The summed E-state index contributed by atoms with van der Waals surface area (Å²) in [6.45, 7) is 5.14. The molecular weight excluding hydrogens is 546 g/mol. The fraction of sp³-hybridized carbons (Fsp3) is 0.333. The van der Waals surface area contributed by atoms with Crippen LogP contribution < -0.4 is 9.62 Å². The zero-order valence-electron chi connectivity index (χ0n) is 20.9. The topological polar surface area (TPSA) is 91.8 Å². The van der Waals surface area contributed by atoms with Gasteiger partial charge in [0, 0.05) is 24.0 Å². The Labute approximate surface area is 223 Å². The molecule has 1 aromatic heterocycles. The average Bonchev–Trinajstić information content (AvgIpc) is 3.28. The van der Waals surface area contributed by atoms with Gasteiger partial charge in [0.1, 0.15) is 21.3 Å². The highest BCUT2D eigenvalue weighted by Crippen LogP contribution is 2.34. The zero-order chi connectivity index (χ0) is 27.5. The van der Waals surface area contributed by atoms with Crippen molar-refractivity contribution in [2.24, 2.45) is 0 Å². The van der Waals surface area contributed by atoms with Crippen molar-refractivity contribution in [2.45, 2.75) is 44.4 Å². The number of nitrogens with one attached hydrogen (secondary N) is 1. The van der Waals surface area contributed by atoms with Crippen molar-refractivity contribution < 1.29 is 26.7 Å². The minimum absolute atomic E-state index is 0.0238. The van der Waals surface area contributed by atoms with Crippen molar-refractivity contribution in [3.8, 4) is 0 Å². The third-order valence-electron chi connectivity index (χ3n) is 4.91. The number of aromatic nitrogens is 1. The zero-order valence-corrected chi connectivity index (χ0v) is 23.3. The van der Waals surface area contributed by atoms with Gasteiger partial charge in [-0.05, 0) is 58.6 Å². The standard InChI is InChI=1S/C24H27ClF2N4O4S2/c1-24(2,3)35-23(32)31(20-13-36-14-29-20)37(33,34)19-10-9-18(21(25)22(19)27)28-11-16-15(12-30(4)5)7-6-8-17(16)26/h6-10,13-14,28H,11-12H2,1-5H3. The van der Waals surface area contributed by atoms with Crippen LogP contribution in [-0.2, 0) is 27.8 Å². The molecule has 0 aliphatic carbocycles. The molecule has 3 rings (SSSR count). The summed E-state index contributed by atoms with van der Waals surface area (Å²) in [6, 6.07) is 6.92. The number of thiazole rings is 1. The van der Waals surface area contributed by atoms with Crippen molar-refractivity contribution in [3.05, 3.63) is 69.0 Å². The second kappa shape index (κ2) is 11.3. The lowest BCUT2D eigenvalue weighted by molar-refractivity contribution is 0.0608. The van der Waals surface area contributed by atoms with Crippen molar-refractivity contribution in [1.29, 1.82) is 0 Å². The number of rotatable bonds is 8. The van der Waals surface area contributed by atoms with E-state index in [1.165, 1.54) is 23.0 Å². The largest absolute Gasteiger partial charge is 0.443 e. The first kappa shape index (κ1) is 28.8. The molecule has 0 bridgehead atoms. The smallest absolute Gasteiger partial charge is 0.430 e. The van der Waals surface area contributed by atoms with Crippen molar-refractivity contribution in [2.75, 3.05) is 23.7 Å². The monoisotopic (exact) mass is 572 g/mol. The number of benzene rings is 2. The molecule has 3 aromatic rings. The summed E-state index contributed by atoms with van der Waals surface area (Å²) >= 11 is 7.24. The van der Waals surface area contributed by atoms with Crippen LogP contribution in [0.2, 0.25) is 5.02 Å². The van der Waals surface area contributed by atoms with E-state index in [9.17, 15) is 17.6 Å². The number of sulfonamides is 1. The molecule has 37 heavy (non-hydrogen) atoms. The fourth-order valence-corrected chi connectivity index (χ4v) is 5.58. The number of hydrogen-bond donors (Lipinski definition) is 1. The van der Waals surface area contributed by atoms with Gasteiger partial charge < -0.3 is 15.0 Å². The van der Waals surface area contributed by atoms with E-state index in [-0.39, 0.29) is 18.1 Å². The Morgan fingerprint density at radius 1 is 1.19 bits per heavy atom. The van der Waals surface area contributed by atoms with Crippen LogP contribution in [0.15, 0.2) is 46.1 Å². The Kier molecular flexibility index (Phi) is 8.78. The van der Waals surface area contributed by atoms with Gasteiger partial charge >= 0.3 is 6.09 Å². The van der Waals surface area contributed by atoms with E-state index in [1.807, 2.05) is 19.0 Å². The molecule has 0 spiro atoms. The summed E-state index contributed by atoms with van der Waals surface area (Å²) in [5, 5.41) is 3.66. The molecule has 0 radical (unpaired) electrons. The number of carbonyl (C=O) groups is 1. The number of anilines is 2. The molecular formula is C24H27ClF2N4O4S2. The van der Waals surface area contributed by atoms with E-state index in [0.29, 0.717) is 16.4 Å². The van der Waals surface area contributed by atoms with Crippen molar-refractivity contribution >= 4 is 50.6 Å². The normalized spacial score (nSPS) is 12.0.